The van der Waals surface area contributed by atoms with Gasteiger partial charge in [-0.25, -0.2) is 9.18 Å². The fourth-order valence-corrected chi connectivity index (χ4v) is 0.968. The highest BCUT2D eigenvalue weighted by molar-refractivity contribution is 7.51. The first kappa shape index (κ1) is 10.6. The molecule has 0 aromatic heterocycles. The Bertz CT molecular complexity index is 187. The maximum absolute atomic E-state index is 12.1. The zero-order chi connectivity index (χ0) is 9.07. The minimum atomic E-state index is -4.26. The number of carboxylic acid groups (broad SMARTS) is 1. The van der Waals surface area contributed by atoms with Crippen molar-refractivity contribution in [2.24, 2.45) is 0 Å². The van der Waals surface area contributed by atoms with Crippen molar-refractivity contribution in [3.63, 3.8) is 0 Å². The molecule has 5 nitrogen and oxygen atoms in total. The van der Waals surface area contributed by atoms with Crippen molar-refractivity contribution in [2.45, 2.75) is 12.6 Å². The molecule has 7 heteroatoms. The van der Waals surface area contributed by atoms with Crippen LogP contribution < -0.4 is 0 Å². The Labute approximate surface area is 62.0 Å². The second-order valence-corrected chi connectivity index (χ2v) is 3.76. The van der Waals surface area contributed by atoms with Crippen LogP contribution in [-0.2, 0) is 9.36 Å². The van der Waals surface area contributed by atoms with Crippen molar-refractivity contribution in [1.82, 2.24) is 0 Å². The van der Waals surface area contributed by atoms with Crippen LogP contribution in [0.4, 0.5) is 4.39 Å². The molecule has 0 radical (unpaired) electrons. The lowest BCUT2D eigenvalue weighted by atomic mass is 10.3. The van der Waals surface area contributed by atoms with E-state index in [4.69, 9.17) is 14.9 Å². The molecule has 0 heterocycles. The Morgan fingerprint density at radius 2 is 2.00 bits per heavy atom. The number of carboxylic acids is 1. The average molecular weight is 186 g/mol. The van der Waals surface area contributed by atoms with Crippen LogP contribution in [0.25, 0.3) is 0 Å². The van der Waals surface area contributed by atoms with Crippen LogP contribution in [0.5, 0.6) is 0 Å². The number of halogens is 1. The topological polar surface area (TPSA) is 94.8 Å². The standard InChI is InChI=1S/C4H8FO5P/c5-3(4(6)7)1-2-11(8,9)10/h3H,1-2H2,(H,6,7)(H2,8,9,10). The lowest BCUT2D eigenvalue weighted by Gasteiger charge is -2.03. The van der Waals surface area contributed by atoms with Gasteiger partial charge in [0.05, 0.1) is 6.16 Å². The molecule has 0 saturated carbocycles. The molecular formula is C4H8FO5P. The molecule has 1 atom stereocenters. The lowest BCUT2D eigenvalue weighted by molar-refractivity contribution is -0.142. The molecule has 0 aliphatic carbocycles. The van der Waals surface area contributed by atoms with Crippen LogP contribution in [0.1, 0.15) is 6.42 Å². The Morgan fingerprint density at radius 3 is 2.27 bits per heavy atom. The van der Waals surface area contributed by atoms with Crippen LogP contribution in [-0.4, -0.2) is 33.2 Å². The first-order chi connectivity index (χ1) is 4.83. The third-order valence-corrected chi connectivity index (χ3v) is 1.78. The summed E-state index contributed by atoms with van der Waals surface area (Å²) in [5, 5.41) is 7.95. The van der Waals surface area contributed by atoms with E-state index in [1.54, 1.807) is 0 Å². The lowest BCUT2D eigenvalue weighted by Crippen LogP contribution is -2.15. The summed E-state index contributed by atoms with van der Waals surface area (Å²) in [7, 11) is -4.26. The number of hydrogen-bond acceptors (Lipinski definition) is 2. The van der Waals surface area contributed by atoms with E-state index in [9.17, 15) is 13.8 Å². The predicted octanol–water partition coefficient (Wildman–Crippen LogP) is -0.0231. The van der Waals surface area contributed by atoms with Crippen LogP contribution in [0.2, 0.25) is 0 Å². The normalized spacial score (nSPS) is 14.5. The van der Waals surface area contributed by atoms with Crippen molar-refractivity contribution in [3.8, 4) is 0 Å². The van der Waals surface area contributed by atoms with Crippen molar-refractivity contribution in [3.05, 3.63) is 0 Å². The van der Waals surface area contributed by atoms with Gasteiger partial charge in [-0.05, 0) is 0 Å². The Kier molecular flexibility index (Phi) is 3.65. The fourth-order valence-electron chi connectivity index (χ4n) is 0.405. The first-order valence-corrected chi connectivity index (χ1v) is 4.54. The Hall–Kier alpha value is -0.450. The minimum absolute atomic E-state index is 0.653. The molecule has 0 spiro atoms. The first-order valence-electron chi connectivity index (χ1n) is 2.74. The smallest absolute Gasteiger partial charge is 0.338 e. The molecule has 66 valence electrons. The average Bonchev–Trinajstić information content (AvgIpc) is 1.80. The summed E-state index contributed by atoms with van der Waals surface area (Å²) in [6, 6.07) is 0. The molecule has 0 bridgehead atoms. The van der Waals surface area contributed by atoms with Crippen molar-refractivity contribution >= 4 is 13.6 Å². The Morgan fingerprint density at radius 1 is 1.55 bits per heavy atom. The second-order valence-electron chi connectivity index (χ2n) is 1.98. The third-order valence-electron chi connectivity index (χ3n) is 0.942. The van der Waals surface area contributed by atoms with Gasteiger partial charge in [0, 0.05) is 6.42 Å². The van der Waals surface area contributed by atoms with Gasteiger partial charge < -0.3 is 14.9 Å². The van der Waals surface area contributed by atoms with E-state index in [1.807, 2.05) is 0 Å². The zero-order valence-corrected chi connectivity index (χ0v) is 6.37. The highest BCUT2D eigenvalue weighted by Crippen LogP contribution is 2.35. The number of aliphatic carboxylic acids is 1. The molecular weight excluding hydrogens is 178 g/mol. The maximum Gasteiger partial charge on any atom is 0.338 e. The van der Waals surface area contributed by atoms with Crippen LogP contribution in [0, 0.1) is 0 Å². The molecule has 11 heavy (non-hydrogen) atoms. The van der Waals surface area contributed by atoms with Crippen molar-refractivity contribution < 1.29 is 28.6 Å². The second kappa shape index (κ2) is 3.80. The molecule has 0 amide bonds. The maximum atomic E-state index is 12.1. The number of hydrogen-bond donors (Lipinski definition) is 3. The highest BCUT2D eigenvalue weighted by Gasteiger charge is 2.21. The molecule has 1 unspecified atom stereocenters. The molecule has 0 fully saturated rings. The molecule has 0 saturated heterocycles. The van der Waals surface area contributed by atoms with Gasteiger partial charge in [0.15, 0.2) is 6.17 Å². The summed E-state index contributed by atoms with van der Waals surface area (Å²) >= 11 is 0. The Balaban J connectivity index is 3.72. The molecule has 3 N–H and O–H groups in total. The predicted molar refractivity (Wildman–Crippen MR) is 34.1 cm³/mol. The zero-order valence-electron chi connectivity index (χ0n) is 5.47. The fraction of sp³-hybridized carbons (Fsp3) is 0.750. The van der Waals surface area contributed by atoms with Gasteiger partial charge in [-0.2, -0.15) is 0 Å². The largest absolute Gasteiger partial charge is 0.479 e. The molecule has 0 aromatic carbocycles. The van der Waals surface area contributed by atoms with Crippen LogP contribution in [0.15, 0.2) is 0 Å². The van der Waals surface area contributed by atoms with Crippen LogP contribution in [0.3, 0.4) is 0 Å². The van der Waals surface area contributed by atoms with E-state index in [2.05, 4.69) is 0 Å². The van der Waals surface area contributed by atoms with E-state index in [0.29, 0.717) is 0 Å². The number of rotatable bonds is 4. The summed E-state index contributed by atoms with van der Waals surface area (Å²) in [5.41, 5.74) is 0. The van der Waals surface area contributed by atoms with Gasteiger partial charge in [-0.15, -0.1) is 0 Å². The summed E-state index contributed by atoms with van der Waals surface area (Å²) in [4.78, 5) is 26.2. The SMILES string of the molecule is O=C(O)C(F)CCP(=O)(O)O. The molecule has 0 aliphatic rings. The third kappa shape index (κ3) is 5.97. The van der Waals surface area contributed by atoms with Gasteiger partial charge in [0.1, 0.15) is 0 Å². The number of carbonyl (C=O) groups is 1. The van der Waals surface area contributed by atoms with Crippen LogP contribution >= 0.6 is 7.60 Å². The van der Waals surface area contributed by atoms with Crippen molar-refractivity contribution in [1.29, 1.82) is 0 Å². The van der Waals surface area contributed by atoms with Gasteiger partial charge in [0.25, 0.3) is 0 Å². The summed E-state index contributed by atoms with van der Waals surface area (Å²) in [5.74, 6) is -1.70. The monoisotopic (exact) mass is 186 g/mol. The molecule has 0 rings (SSSR count). The van der Waals surface area contributed by atoms with Gasteiger partial charge in [0.2, 0.25) is 0 Å². The highest BCUT2D eigenvalue weighted by atomic mass is 31.2. The quantitative estimate of drug-likeness (QED) is 0.536. The van der Waals surface area contributed by atoms with E-state index >= 15 is 0 Å². The van der Waals surface area contributed by atoms with Gasteiger partial charge in [-0.3, -0.25) is 4.57 Å². The van der Waals surface area contributed by atoms with E-state index in [0.717, 1.165) is 0 Å². The summed E-state index contributed by atoms with van der Waals surface area (Å²) < 4.78 is 22.2. The van der Waals surface area contributed by atoms with E-state index < -0.39 is 32.3 Å². The van der Waals surface area contributed by atoms with E-state index in [-0.39, 0.29) is 0 Å². The van der Waals surface area contributed by atoms with Gasteiger partial charge in [-0.1, -0.05) is 0 Å². The molecule has 0 aromatic rings. The molecule has 0 aliphatic heterocycles. The van der Waals surface area contributed by atoms with Gasteiger partial charge >= 0.3 is 13.6 Å². The summed E-state index contributed by atoms with van der Waals surface area (Å²) in [6.45, 7) is 0. The van der Waals surface area contributed by atoms with E-state index in [1.165, 1.54) is 0 Å². The minimum Gasteiger partial charge on any atom is -0.479 e. The van der Waals surface area contributed by atoms with Crippen molar-refractivity contribution in [2.75, 3.05) is 6.16 Å². The number of alkyl halides is 1. The summed E-state index contributed by atoms with van der Waals surface area (Å²) in [6.07, 6.45) is -3.58.